The quantitative estimate of drug-likeness (QED) is 0.744. The van der Waals surface area contributed by atoms with Gasteiger partial charge in [0.2, 0.25) is 15.9 Å². The number of carboxylic acids is 1. The van der Waals surface area contributed by atoms with Gasteiger partial charge in [0.15, 0.2) is 0 Å². The summed E-state index contributed by atoms with van der Waals surface area (Å²) in [6.07, 6.45) is 3.90. The number of likely N-dealkylation sites (tertiary alicyclic amines) is 1. The summed E-state index contributed by atoms with van der Waals surface area (Å²) in [5.74, 6) is -1.38. The Morgan fingerprint density at radius 3 is 2.46 bits per heavy atom. The predicted octanol–water partition coefficient (Wildman–Crippen LogP) is 1.38. The van der Waals surface area contributed by atoms with E-state index in [9.17, 15) is 18.0 Å². The van der Waals surface area contributed by atoms with Crippen molar-refractivity contribution in [3.05, 3.63) is 29.8 Å². The van der Waals surface area contributed by atoms with E-state index in [4.69, 9.17) is 5.11 Å². The van der Waals surface area contributed by atoms with Gasteiger partial charge in [0, 0.05) is 25.6 Å². The lowest BCUT2D eigenvalue weighted by Gasteiger charge is -2.30. The van der Waals surface area contributed by atoms with Crippen LogP contribution in [0.3, 0.4) is 0 Å². The molecule has 1 aromatic rings. The number of carboxylic acid groups (broad SMARTS) is 1. The zero-order valence-electron chi connectivity index (χ0n) is 14.6. The minimum atomic E-state index is -3.46. The summed E-state index contributed by atoms with van der Waals surface area (Å²) in [6, 6.07) is 6.64. The zero-order chi connectivity index (χ0) is 18.7. The number of piperidine rings is 1. The summed E-state index contributed by atoms with van der Waals surface area (Å²) in [7, 11) is -3.46. The highest BCUT2D eigenvalue weighted by molar-refractivity contribution is 7.89. The fourth-order valence-corrected chi connectivity index (χ4v) is 4.44. The van der Waals surface area contributed by atoms with Gasteiger partial charge in [-0.3, -0.25) is 9.59 Å². The predicted molar refractivity (Wildman–Crippen MR) is 95.0 cm³/mol. The minimum absolute atomic E-state index is 0.0527. The number of hydrogen-bond donors (Lipinski definition) is 2. The molecular formula is C18H24N2O5S. The second-order valence-corrected chi connectivity index (χ2v) is 8.77. The van der Waals surface area contributed by atoms with Gasteiger partial charge in [0.05, 0.1) is 10.8 Å². The maximum Gasteiger partial charge on any atom is 0.308 e. The molecule has 0 aromatic heterocycles. The number of aryl methyl sites for hydroxylation is 1. The van der Waals surface area contributed by atoms with Crippen LogP contribution in [-0.2, 0) is 26.0 Å². The Morgan fingerprint density at radius 1 is 1.15 bits per heavy atom. The van der Waals surface area contributed by atoms with Crippen LogP contribution < -0.4 is 4.72 Å². The summed E-state index contributed by atoms with van der Waals surface area (Å²) in [5, 5.41) is 9.10. The number of amides is 1. The molecule has 26 heavy (non-hydrogen) atoms. The molecule has 0 unspecified atom stereocenters. The molecule has 7 nitrogen and oxygen atoms in total. The lowest BCUT2D eigenvalue weighted by molar-refractivity contribution is -0.145. The summed E-state index contributed by atoms with van der Waals surface area (Å²) < 4.78 is 26.9. The van der Waals surface area contributed by atoms with Crippen LogP contribution in [0.1, 0.15) is 37.7 Å². The van der Waals surface area contributed by atoms with Crippen LogP contribution >= 0.6 is 0 Å². The summed E-state index contributed by atoms with van der Waals surface area (Å²) >= 11 is 0. The second-order valence-electron chi connectivity index (χ2n) is 7.06. The second kappa shape index (κ2) is 7.75. The van der Waals surface area contributed by atoms with E-state index in [1.807, 2.05) is 0 Å². The molecule has 0 spiro atoms. The highest BCUT2D eigenvalue weighted by Gasteiger charge is 2.29. The van der Waals surface area contributed by atoms with Gasteiger partial charge < -0.3 is 10.0 Å². The van der Waals surface area contributed by atoms with Crippen LogP contribution in [-0.4, -0.2) is 49.4 Å². The third-order valence-corrected chi connectivity index (χ3v) is 6.42. The van der Waals surface area contributed by atoms with Crippen molar-refractivity contribution in [2.24, 2.45) is 5.92 Å². The van der Waals surface area contributed by atoms with Crippen molar-refractivity contribution in [2.45, 2.75) is 49.5 Å². The largest absolute Gasteiger partial charge is 0.481 e. The third-order valence-electron chi connectivity index (χ3n) is 4.88. The number of hydrogen-bond acceptors (Lipinski definition) is 4. The van der Waals surface area contributed by atoms with Crippen molar-refractivity contribution >= 4 is 21.9 Å². The van der Waals surface area contributed by atoms with Crippen LogP contribution in [0.4, 0.5) is 0 Å². The number of rotatable bonds is 7. The first-order valence-corrected chi connectivity index (χ1v) is 10.5. The molecule has 1 aliphatic carbocycles. The van der Waals surface area contributed by atoms with Crippen LogP contribution in [0.15, 0.2) is 29.2 Å². The first-order valence-electron chi connectivity index (χ1n) is 8.97. The number of aliphatic carboxylic acids is 1. The highest BCUT2D eigenvalue weighted by Crippen LogP contribution is 2.22. The molecule has 1 amide bonds. The summed E-state index contributed by atoms with van der Waals surface area (Å²) in [4.78, 5) is 25.3. The van der Waals surface area contributed by atoms with Gasteiger partial charge >= 0.3 is 5.97 Å². The van der Waals surface area contributed by atoms with Crippen molar-refractivity contribution in [3.8, 4) is 0 Å². The number of benzene rings is 1. The van der Waals surface area contributed by atoms with Crippen molar-refractivity contribution in [1.82, 2.24) is 9.62 Å². The van der Waals surface area contributed by atoms with Gasteiger partial charge in [-0.2, -0.15) is 0 Å². The van der Waals surface area contributed by atoms with Crippen LogP contribution in [0.25, 0.3) is 0 Å². The summed E-state index contributed by atoms with van der Waals surface area (Å²) in [6.45, 7) is 0.880. The number of carbonyl (C=O) groups is 2. The lowest BCUT2D eigenvalue weighted by Crippen LogP contribution is -2.42. The topological polar surface area (TPSA) is 104 Å². The van der Waals surface area contributed by atoms with Crippen LogP contribution in [0.2, 0.25) is 0 Å². The molecular weight excluding hydrogens is 356 g/mol. The fraction of sp³-hybridized carbons (Fsp3) is 0.556. The normalized spacial score (nSPS) is 20.8. The number of nitrogens with one attached hydrogen (secondary N) is 1. The first kappa shape index (κ1) is 18.8. The van der Waals surface area contributed by atoms with E-state index in [0.717, 1.165) is 18.4 Å². The molecule has 0 radical (unpaired) electrons. The third kappa shape index (κ3) is 4.82. The Bertz CT molecular complexity index is 771. The van der Waals surface area contributed by atoms with E-state index in [-0.39, 0.29) is 23.4 Å². The maximum atomic E-state index is 12.3. The van der Waals surface area contributed by atoms with Crippen molar-refractivity contribution < 1.29 is 23.1 Å². The van der Waals surface area contributed by atoms with E-state index in [1.165, 1.54) is 0 Å². The highest BCUT2D eigenvalue weighted by atomic mass is 32.2. The molecule has 2 aliphatic rings. The van der Waals surface area contributed by atoms with E-state index >= 15 is 0 Å². The van der Waals surface area contributed by atoms with E-state index < -0.39 is 21.9 Å². The zero-order valence-corrected chi connectivity index (χ0v) is 15.4. The molecule has 1 atom stereocenters. The molecule has 1 saturated heterocycles. The molecule has 8 heteroatoms. The average Bonchev–Trinajstić information content (AvgIpc) is 3.43. The lowest BCUT2D eigenvalue weighted by atomic mass is 9.97. The number of carbonyl (C=O) groups excluding carboxylic acids is 1. The Balaban J connectivity index is 1.53. The first-order chi connectivity index (χ1) is 12.3. The van der Waals surface area contributed by atoms with Crippen molar-refractivity contribution in [1.29, 1.82) is 0 Å². The SMILES string of the molecule is O=C(O)[C@H]1CCCN(C(=O)CCc2ccc(S(=O)(=O)NC3CC3)cc2)C1. The van der Waals surface area contributed by atoms with Gasteiger partial charge in [-0.1, -0.05) is 12.1 Å². The Morgan fingerprint density at radius 2 is 1.85 bits per heavy atom. The molecule has 142 valence electrons. The van der Waals surface area contributed by atoms with Crippen molar-refractivity contribution in [3.63, 3.8) is 0 Å². The molecule has 1 saturated carbocycles. The Labute approximate surface area is 153 Å². The summed E-state index contributed by atoms with van der Waals surface area (Å²) in [5.41, 5.74) is 0.885. The van der Waals surface area contributed by atoms with E-state index in [0.29, 0.717) is 32.2 Å². The Kier molecular flexibility index (Phi) is 5.62. The number of sulfonamides is 1. The monoisotopic (exact) mass is 380 g/mol. The smallest absolute Gasteiger partial charge is 0.308 e. The molecule has 0 bridgehead atoms. The average molecular weight is 380 g/mol. The van der Waals surface area contributed by atoms with E-state index in [2.05, 4.69) is 4.72 Å². The van der Waals surface area contributed by atoms with E-state index in [1.54, 1.807) is 29.2 Å². The van der Waals surface area contributed by atoms with Gasteiger partial charge in [-0.05, 0) is 49.8 Å². The van der Waals surface area contributed by atoms with Gasteiger partial charge in [0.25, 0.3) is 0 Å². The van der Waals surface area contributed by atoms with Crippen LogP contribution in [0, 0.1) is 5.92 Å². The molecule has 2 N–H and O–H groups in total. The molecule has 1 aromatic carbocycles. The van der Waals surface area contributed by atoms with Gasteiger partial charge in [-0.25, -0.2) is 13.1 Å². The molecule has 1 heterocycles. The standard InChI is InChI=1S/C18H24N2O5S/c21-17(20-11-1-2-14(12-20)18(22)23)10-5-13-3-8-16(9-4-13)26(24,25)19-15-6-7-15/h3-4,8-9,14-15,19H,1-2,5-7,10-12H2,(H,22,23)/t14-/m0/s1. The van der Waals surface area contributed by atoms with Gasteiger partial charge in [-0.15, -0.1) is 0 Å². The maximum absolute atomic E-state index is 12.3. The van der Waals surface area contributed by atoms with Crippen molar-refractivity contribution in [2.75, 3.05) is 13.1 Å². The minimum Gasteiger partial charge on any atom is -0.481 e. The number of nitrogens with zero attached hydrogens (tertiary/aromatic N) is 1. The molecule has 1 aliphatic heterocycles. The van der Waals surface area contributed by atoms with Crippen LogP contribution in [0.5, 0.6) is 0 Å². The van der Waals surface area contributed by atoms with Gasteiger partial charge in [0.1, 0.15) is 0 Å². The molecule has 2 fully saturated rings. The Hall–Kier alpha value is -1.93. The molecule has 3 rings (SSSR count). The fourth-order valence-electron chi connectivity index (χ4n) is 3.14.